The molecule has 3 heterocycles. The lowest BCUT2D eigenvalue weighted by atomic mass is 9.96. The SMILES string of the molecule is CC/C=C\C/C=C\C/C=C\C/C=C\CCCCCCCCCCCCCCCCCCC(=O)NC(COC1OC(CO)C(OC2OC(CO)C(OC3OC(CO)C(O)C(O)C3O)C(O)C2O)C(O)C1O)C(O)/C=C/CC/C=C/CC/C=C/CC. The van der Waals surface area contributed by atoms with Crippen molar-refractivity contribution in [3.05, 3.63) is 85.1 Å². The van der Waals surface area contributed by atoms with Crippen LogP contribution in [0.3, 0.4) is 0 Å². The monoisotopic (exact) mass is 1190 g/mol. The quantitative estimate of drug-likeness (QED) is 0.0221. The summed E-state index contributed by atoms with van der Waals surface area (Å²) in [6.45, 7) is 1.44. The third kappa shape index (κ3) is 29.8. The van der Waals surface area contributed by atoms with Crippen LogP contribution in [0.15, 0.2) is 85.1 Å². The zero-order valence-corrected chi connectivity index (χ0v) is 50.6. The molecule has 0 radical (unpaired) electrons. The molecule has 0 aromatic carbocycles. The number of ether oxygens (including phenoxy) is 6. The van der Waals surface area contributed by atoms with E-state index in [9.17, 15) is 61.0 Å². The summed E-state index contributed by atoms with van der Waals surface area (Å²) in [4.78, 5) is 13.3. The van der Waals surface area contributed by atoms with Crippen LogP contribution in [0.2, 0.25) is 0 Å². The van der Waals surface area contributed by atoms with Gasteiger partial charge in [-0.1, -0.05) is 189 Å². The summed E-state index contributed by atoms with van der Waals surface area (Å²) in [6, 6.07) is -0.998. The number of nitrogens with one attached hydrogen (secondary N) is 1. The molecular weight excluding hydrogens is 1080 g/mol. The maximum Gasteiger partial charge on any atom is 0.220 e. The molecule has 0 aliphatic carbocycles. The van der Waals surface area contributed by atoms with Crippen LogP contribution in [0, 0.1) is 0 Å². The van der Waals surface area contributed by atoms with Crippen LogP contribution >= 0.6 is 0 Å². The van der Waals surface area contributed by atoms with E-state index in [-0.39, 0.29) is 18.9 Å². The number of rotatable bonds is 46. The van der Waals surface area contributed by atoms with Gasteiger partial charge in [-0.2, -0.15) is 0 Å². The number of hydrogen-bond donors (Lipinski definition) is 12. The summed E-state index contributed by atoms with van der Waals surface area (Å²) in [7, 11) is 0. The van der Waals surface area contributed by atoms with Crippen molar-refractivity contribution in [1.29, 1.82) is 0 Å². The normalized spacial score (nSPS) is 29.8. The highest BCUT2D eigenvalue weighted by atomic mass is 16.8. The summed E-state index contributed by atoms with van der Waals surface area (Å²) < 4.78 is 34.2. The summed E-state index contributed by atoms with van der Waals surface area (Å²) in [5, 5.41) is 120. The highest BCUT2D eigenvalue weighted by Gasteiger charge is 2.53. The van der Waals surface area contributed by atoms with Gasteiger partial charge in [0, 0.05) is 6.42 Å². The van der Waals surface area contributed by atoms with Crippen molar-refractivity contribution < 1.29 is 89.4 Å². The number of unbranched alkanes of at least 4 members (excludes halogenated alkanes) is 18. The van der Waals surface area contributed by atoms with Crippen LogP contribution < -0.4 is 5.32 Å². The highest BCUT2D eigenvalue weighted by molar-refractivity contribution is 5.76. The van der Waals surface area contributed by atoms with E-state index in [0.717, 1.165) is 70.6 Å². The molecule has 19 nitrogen and oxygen atoms in total. The lowest BCUT2D eigenvalue weighted by Crippen LogP contribution is -2.66. The Bertz CT molecular complexity index is 1860. The summed E-state index contributed by atoms with van der Waals surface area (Å²) in [5.74, 6) is -0.295. The van der Waals surface area contributed by atoms with E-state index in [2.05, 4.69) is 92.1 Å². The van der Waals surface area contributed by atoms with Crippen molar-refractivity contribution in [2.75, 3.05) is 26.4 Å². The van der Waals surface area contributed by atoms with E-state index in [1.807, 2.05) is 6.08 Å². The van der Waals surface area contributed by atoms with Gasteiger partial charge in [-0.05, 0) is 77.0 Å². The Labute approximate surface area is 501 Å². The van der Waals surface area contributed by atoms with Crippen LogP contribution in [0.25, 0.3) is 0 Å². The predicted octanol–water partition coefficient (Wildman–Crippen LogP) is 6.76. The first-order valence-electron chi connectivity index (χ1n) is 31.8. The largest absolute Gasteiger partial charge is 0.394 e. The number of allylic oxidation sites excluding steroid dienone is 13. The molecule has 0 aromatic rings. The Hall–Kier alpha value is -3.03. The minimum absolute atomic E-state index is 0.228. The van der Waals surface area contributed by atoms with Crippen molar-refractivity contribution in [2.24, 2.45) is 0 Å². The Morgan fingerprint density at radius 2 is 0.798 bits per heavy atom. The fourth-order valence-corrected chi connectivity index (χ4v) is 10.3. The first-order chi connectivity index (χ1) is 40.8. The molecule has 0 spiro atoms. The molecule has 1 amide bonds. The van der Waals surface area contributed by atoms with Gasteiger partial charge in [-0.15, -0.1) is 0 Å². The summed E-state index contributed by atoms with van der Waals surface area (Å²) >= 11 is 0. The van der Waals surface area contributed by atoms with Crippen LogP contribution in [0.4, 0.5) is 0 Å². The van der Waals surface area contributed by atoms with Gasteiger partial charge in [0.1, 0.15) is 73.2 Å². The first-order valence-corrected chi connectivity index (χ1v) is 31.8. The van der Waals surface area contributed by atoms with E-state index >= 15 is 0 Å². The molecule has 3 aliphatic heterocycles. The lowest BCUT2D eigenvalue weighted by molar-refractivity contribution is -0.379. The zero-order valence-electron chi connectivity index (χ0n) is 50.6. The van der Waals surface area contributed by atoms with Crippen LogP contribution in [-0.4, -0.2) is 193 Å². The van der Waals surface area contributed by atoms with Crippen LogP contribution in [0.1, 0.15) is 187 Å². The van der Waals surface area contributed by atoms with E-state index < -0.39 is 124 Å². The number of carbonyl (C=O) groups excluding carboxylic acids is 1. The smallest absolute Gasteiger partial charge is 0.220 e. The second-order valence-corrected chi connectivity index (χ2v) is 22.4. The standard InChI is InChI=1S/C65H111NO18/c1-3-5-7-9-11-13-15-16-17-18-19-20-21-22-23-24-25-26-27-28-29-30-31-32-33-35-37-39-41-43-53(71)66-48(49(70)42-40-38-36-34-14-12-10-8-6-4-2)47-79-63-59(77)56(74)61(51(45-68)81-63)84-65-60(78)57(75)62(52(46-69)82-65)83-64-58(76)55(73)54(72)50(44-67)80-64/h5-8,11,13-14,16-17,19-20,34,40,42,48-52,54-65,67-70,72-78H,3-4,9-10,12,15,18,21-33,35-39,41,43-47H2,1-2H3,(H,66,71)/b7-5-,8-6+,13-11-,17-16-,20-19-,34-14+,42-40+. The van der Waals surface area contributed by atoms with Crippen LogP contribution in [-0.2, 0) is 33.2 Å². The van der Waals surface area contributed by atoms with Crippen molar-refractivity contribution in [3.8, 4) is 0 Å². The van der Waals surface area contributed by atoms with Gasteiger partial charge in [-0.25, -0.2) is 0 Å². The maximum absolute atomic E-state index is 13.3. The second kappa shape index (κ2) is 47.0. The molecule has 0 aromatic heterocycles. The van der Waals surface area contributed by atoms with E-state index in [1.54, 1.807) is 6.08 Å². The lowest BCUT2D eigenvalue weighted by Gasteiger charge is -2.48. The number of carbonyl (C=O) groups is 1. The number of amides is 1. The molecule has 17 unspecified atom stereocenters. The Morgan fingerprint density at radius 1 is 0.429 bits per heavy atom. The average molecular weight is 1190 g/mol. The van der Waals surface area contributed by atoms with Gasteiger partial charge in [0.2, 0.25) is 5.91 Å². The van der Waals surface area contributed by atoms with Crippen LogP contribution in [0.5, 0.6) is 0 Å². The van der Waals surface area contributed by atoms with Gasteiger partial charge in [0.15, 0.2) is 18.9 Å². The average Bonchev–Trinajstić information content (AvgIpc) is 2.80. The molecule has 3 aliphatic rings. The molecule has 84 heavy (non-hydrogen) atoms. The second-order valence-electron chi connectivity index (χ2n) is 22.4. The predicted molar refractivity (Wildman–Crippen MR) is 323 cm³/mol. The molecule has 19 heteroatoms. The van der Waals surface area contributed by atoms with Gasteiger partial charge in [0.05, 0.1) is 38.6 Å². The molecule has 17 atom stereocenters. The fourth-order valence-electron chi connectivity index (χ4n) is 10.3. The first kappa shape index (κ1) is 75.2. The molecule has 12 N–H and O–H groups in total. The summed E-state index contributed by atoms with van der Waals surface area (Å²) in [5.41, 5.74) is 0. The van der Waals surface area contributed by atoms with E-state index in [4.69, 9.17) is 28.4 Å². The van der Waals surface area contributed by atoms with Gasteiger partial charge >= 0.3 is 0 Å². The van der Waals surface area contributed by atoms with E-state index in [1.165, 1.54) is 83.5 Å². The minimum Gasteiger partial charge on any atom is -0.394 e. The molecule has 3 fully saturated rings. The van der Waals surface area contributed by atoms with Crippen molar-refractivity contribution >= 4 is 5.91 Å². The Balaban J connectivity index is 1.39. The van der Waals surface area contributed by atoms with Gasteiger partial charge in [0.25, 0.3) is 0 Å². The summed E-state index contributed by atoms with van der Waals surface area (Å²) in [6.07, 6.45) is 31.7. The Morgan fingerprint density at radius 3 is 1.29 bits per heavy atom. The minimum atomic E-state index is -1.98. The number of hydrogen-bond acceptors (Lipinski definition) is 18. The molecule has 3 saturated heterocycles. The molecular formula is C65H111NO18. The third-order valence-corrected chi connectivity index (χ3v) is 15.4. The van der Waals surface area contributed by atoms with Crippen molar-refractivity contribution in [1.82, 2.24) is 5.32 Å². The van der Waals surface area contributed by atoms with Crippen molar-refractivity contribution in [2.45, 2.75) is 291 Å². The zero-order chi connectivity index (χ0) is 61.2. The fraction of sp³-hybridized carbons (Fsp3) is 0.769. The van der Waals surface area contributed by atoms with Crippen molar-refractivity contribution in [3.63, 3.8) is 0 Å². The Kier molecular flexibility index (Phi) is 42.1. The molecule has 0 saturated carbocycles. The van der Waals surface area contributed by atoms with Gasteiger partial charge < -0.3 is 89.9 Å². The topological polar surface area (TPSA) is 307 Å². The molecule has 484 valence electrons. The number of aliphatic hydroxyl groups is 11. The molecule has 3 rings (SSSR count). The van der Waals surface area contributed by atoms with Gasteiger partial charge in [-0.3, -0.25) is 4.79 Å². The molecule has 0 bridgehead atoms. The third-order valence-electron chi connectivity index (χ3n) is 15.4. The highest BCUT2D eigenvalue weighted by Crippen LogP contribution is 2.33. The van der Waals surface area contributed by atoms with E-state index in [0.29, 0.717) is 12.8 Å². The maximum atomic E-state index is 13.3. The number of aliphatic hydroxyl groups excluding tert-OH is 11.